The van der Waals surface area contributed by atoms with Crippen molar-refractivity contribution in [1.29, 1.82) is 0 Å². The van der Waals surface area contributed by atoms with Gasteiger partial charge in [-0.25, -0.2) is 9.97 Å². The number of carbonyl (C=O) groups excluding carboxylic acids is 1. The molecule has 1 fully saturated rings. The van der Waals surface area contributed by atoms with Gasteiger partial charge in [0.25, 0.3) is 0 Å². The molecule has 1 aromatic heterocycles. The third-order valence-electron chi connectivity index (χ3n) is 6.37. The molecule has 0 saturated carbocycles. The molecule has 0 radical (unpaired) electrons. The molecule has 0 aliphatic carbocycles. The van der Waals surface area contributed by atoms with Gasteiger partial charge in [0.1, 0.15) is 11.0 Å². The van der Waals surface area contributed by atoms with E-state index in [0.29, 0.717) is 52.3 Å². The molecule has 11 heteroatoms. The highest BCUT2D eigenvalue weighted by atomic mass is 35.5. The van der Waals surface area contributed by atoms with Gasteiger partial charge in [0.2, 0.25) is 5.91 Å². The zero-order chi connectivity index (χ0) is 27.1. The van der Waals surface area contributed by atoms with Gasteiger partial charge in [0.15, 0.2) is 16.7 Å². The lowest BCUT2D eigenvalue weighted by Gasteiger charge is -2.36. The number of aromatic nitrogens is 2. The van der Waals surface area contributed by atoms with Gasteiger partial charge in [-0.1, -0.05) is 47.1 Å². The van der Waals surface area contributed by atoms with E-state index in [9.17, 15) is 4.79 Å². The standard InChI is InChI=1S/C27H31Cl2N5O3S/c1-32(10-9-19-7-8-22(36-2)23(15-19)37-3)25-17-24(29)30-27(31-25)38-18-26(35)34-13-11-33(12-14-34)21-6-4-5-20(28)16-21/h4-8,15-17H,9-14,18H2,1-3H3. The minimum Gasteiger partial charge on any atom is -0.493 e. The number of likely N-dealkylation sites (N-methyl/N-ethyl adjacent to an activating group) is 1. The predicted molar refractivity (Wildman–Crippen MR) is 155 cm³/mol. The Kier molecular flexibility index (Phi) is 9.82. The Hall–Kier alpha value is -2.88. The molecule has 3 aromatic rings. The van der Waals surface area contributed by atoms with Crippen LogP contribution in [0.25, 0.3) is 0 Å². The first-order valence-corrected chi connectivity index (χ1v) is 14.0. The Labute approximate surface area is 237 Å². The highest BCUT2D eigenvalue weighted by Crippen LogP contribution is 2.28. The van der Waals surface area contributed by atoms with Crippen LogP contribution in [0, 0.1) is 0 Å². The second-order valence-electron chi connectivity index (χ2n) is 8.83. The van der Waals surface area contributed by atoms with Crippen LogP contribution in [0.4, 0.5) is 11.5 Å². The van der Waals surface area contributed by atoms with Crippen LogP contribution in [-0.2, 0) is 11.2 Å². The molecule has 1 saturated heterocycles. The summed E-state index contributed by atoms with van der Waals surface area (Å²) in [6.45, 7) is 3.56. The van der Waals surface area contributed by atoms with Crippen molar-refractivity contribution >= 4 is 52.4 Å². The Morgan fingerprint density at radius 1 is 1.00 bits per heavy atom. The fourth-order valence-corrected chi connectivity index (χ4v) is 5.37. The van der Waals surface area contributed by atoms with Crippen molar-refractivity contribution < 1.29 is 14.3 Å². The smallest absolute Gasteiger partial charge is 0.233 e. The van der Waals surface area contributed by atoms with Crippen LogP contribution in [0.2, 0.25) is 10.2 Å². The van der Waals surface area contributed by atoms with E-state index in [1.165, 1.54) is 11.8 Å². The summed E-state index contributed by atoms with van der Waals surface area (Å²) in [5.74, 6) is 2.42. The van der Waals surface area contributed by atoms with E-state index in [4.69, 9.17) is 32.7 Å². The minimum absolute atomic E-state index is 0.0627. The van der Waals surface area contributed by atoms with Gasteiger partial charge in [-0.3, -0.25) is 4.79 Å². The monoisotopic (exact) mass is 575 g/mol. The van der Waals surface area contributed by atoms with E-state index in [1.807, 2.05) is 59.3 Å². The van der Waals surface area contributed by atoms with E-state index in [-0.39, 0.29) is 11.7 Å². The molecule has 1 amide bonds. The van der Waals surface area contributed by atoms with Crippen molar-refractivity contribution in [3.8, 4) is 11.5 Å². The number of benzene rings is 2. The number of thioether (sulfide) groups is 1. The van der Waals surface area contributed by atoms with Crippen molar-refractivity contribution in [2.45, 2.75) is 11.6 Å². The van der Waals surface area contributed by atoms with Crippen molar-refractivity contribution in [3.05, 3.63) is 64.3 Å². The predicted octanol–water partition coefficient (Wildman–Crippen LogP) is 4.92. The van der Waals surface area contributed by atoms with Crippen molar-refractivity contribution in [3.63, 3.8) is 0 Å². The van der Waals surface area contributed by atoms with Gasteiger partial charge >= 0.3 is 0 Å². The van der Waals surface area contributed by atoms with Crippen molar-refractivity contribution in [2.75, 3.05) is 69.5 Å². The van der Waals surface area contributed by atoms with Gasteiger partial charge in [-0.05, 0) is 42.3 Å². The molecular weight excluding hydrogens is 545 g/mol. The topological polar surface area (TPSA) is 71.0 Å². The normalized spacial score (nSPS) is 13.4. The summed E-state index contributed by atoms with van der Waals surface area (Å²) in [5.41, 5.74) is 2.19. The Morgan fingerprint density at radius 2 is 1.76 bits per heavy atom. The maximum Gasteiger partial charge on any atom is 0.233 e. The Bertz CT molecular complexity index is 1260. The van der Waals surface area contributed by atoms with Crippen molar-refractivity contribution in [2.24, 2.45) is 0 Å². The molecule has 38 heavy (non-hydrogen) atoms. The van der Waals surface area contributed by atoms with E-state index in [1.54, 1.807) is 20.3 Å². The van der Waals surface area contributed by atoms with E-state index < -0.39 is 0 Å². The van der Waals surface area contributed by atoms with Gasteiger partial charge in [-0.15, -0.1) is 0 Å². The average molecular weight is 577 g/mol. The summed E-state index contributed by atoms with van der Waals surface area (Å²) in [6, 6.07) is 15.4. The molecular formula is C27H31Cl2N5O3S. The third-order valence-corrected chi connectivity index (χ3v) is 7.63. The zero-order valence-corrected chi connectivity index (χ0v) is 24.0. The number of piperazine rings is 1. The Morgan fingerprint density at radius 3 is 2.47 bits per heavy atom. The Balaban J connectivity index is 1.29. The molecule has 0 unspecified atom stereocenters. The molecule has 0 spiro atoms. The number of hydrogen-bond donors (Lipinski definition) is 0. The summed E-state index contributed by atoms with van der Waals surface area (Å²) in [6.07, 6.45) is 0.778. The minimum atomic E-state index is 0.0627. The van der Waals surface area contributed by atoms with E-state index in [0.717, 1.165) is 30.8 Å². The largest absolute Gasteiger partial charge is 0.493 e. The molecule has 2 heterocycles. The van der Waals surface area contributed by atoms with Gasteiger partial charge in [-0.2, -0.15) is 0 Å². The summed E-state index contributed by atoms with van der Waals surface area (Å²) in [4.78, 5) is 28.0. The molecule has 1 aliphatic rings. The first kappa shape index (κ1) is 28.1. The van der Waals surface area contributed by atoms with Gasteiger partial charge < -0.3 is 24.2 Å². The fraction of sp³-hybridized carbons (Fsp3) is 0.370. The average Bonchev–Trinajstić information content (AvgIpc) is 2.94. The number of amides is 1. The molecule has 2 aromatic carbocycles. The van der Waals surface area contributed by atoms with Crippen LogP contribution in [-0.4, -0.2) is 80.5 Å². The molecule has 1 aliphatic heterocycles. The third kappa shape index (κ3) is 7.36. The molecule has 202 valence electrons. The summed E-state index contributed by atoms with van der Waals surface area (Å²) in [7, 11) is 5.20. The quantitative estimate of drug-likeness (QED) is 0.192. The van der Waals surface area contributed by atoms with Crippen LogP contribution >= 0.6 is 35.0 Å². The van der Waals surface area contributed by atoms with Crippen LogP contribution in [0.15, 0.2) is 53.7 Å². The number of methoxy groups -OCH3 is 2. The number of nitrogens with zero attached hydrogens (tertiary/aromatic N) is 5. The first-order valence-electron chi connectivity index (χ1n) is 12.2. The van der Waals surface area contributed by atoms with Crippen LogP contribution < -0.4 is 19.3 Å². The number of rotatable bonds is 10. The molecule has 4 rings (SSSR count). The zero-order valence-electron chi connectivity index (χ0n) is 21.7. The van der Waals surface area contributed by atoms with Crippen LogP contribution in [0.3, 0.4) is 0 Å². The molecule has 0 N–H and O–H groups in total. The van der Waals surface area contributed by atoms with Crippen LogP contribution in [0.1, 0.15) is 5.56 Å². The van der Waals surface area contributed by atoms with Gasteiger partial charge in [0, 0.05) is 56.5 Å². The number of carbonyl (C=O) groups is 1. The lowest BCUT2D eigenvalue weighted by atomic mass is 10.1. The van der Waals surface area contributed by atoms with Gasteiger partial charge in [0.05, 0.1) is 20.0 Å². The highest BCUT2D eigenvalue weighted by molar-refractivity contribution is 7.99. The highest BCUT2D eigenvalue weighted by Gasteiger charge is 2.22. The summed E-state index contributed by atoms with van der Waals surface area (Å²) < 4.78 is 10.7. The fourth-order valence-electron chi connectivity index (χ4n) is 4.20. The SMILES string of the molecule is COc1ccc(CCN(C)c2cc(Cl)nc(SCC(=O)N3CCN(c4cccc(Cl)c4)CC3)n2)cc1OC. The molecule has 0 atom stereocenters. The summed E-state index contributed by atoms with van der Waals surface area (Å²) in [5, 5.41) is 1.54. The summed E-state index contributed by atoms with van der Waals surface area (Å²) >= 11 is 13.7. The lowest BCUT2D eigenvalue weighted by Crippen LogP contribution is -2.49. The second-order valence-corrected chi connectivity index (χ2v) is 10.6. The molecule has 0 bridgehead atoms. The maximum absolute atomic E-state index is 12.9. The first-order chi connectivity index (χ1) is 18.4. The van der Waals surface area contributed by atoms with Crippen LogP contribution in [0.5, 0.6) is 11.5 Å². The molecule has 8 nitrogen and oxygen atoms in total. The second kappa shape index (κ2) is 13.3. The number of hydrogen-bond acceptors (Lipinski definition) is 8. The lowest BCUT2D eigenvalue weighted by molar-refractivity contribution is -0.128. The maximum atomic E-state index is 12.9. The number of ether oxygens (including phenoxy) is 2. The van der Waals surface area contributed by atoms with E-state index in [2.05, 4.69) is 14.9 Å². The van der Waals surface area contributed by atoms with E-state index >= 15 is 0 Å². The van der Waals surface area contributed by atoms with Crippen molar-refractivity contribution in [1.82, 2.24) is 14.9 Å². The number of anilines is 2. The number of halogens is 2.